The molecule has 0 saturated carbocycles. The molecule has 0 aliphatic heterocycles. The zero-order valence-electron chi connectivity index (χ0n) is 12.0. The van der Waals surface area contributed by atoms with Crippen LogP contribution in [0.2, 0.25) is 0 Å². The quantitative estimate of drug-likeness (QED) is 0.519. The second-order valence-corrected chi connectivity index (χ2v) is 7.90. The van der Waals surface area contributed by atoms with Crippen LogP contribution in [-0.4, -0.2) is 15.7 Å². The Labute approximate surface area is 133 Å². The van der Waals surface area contributed by atoms with Gasteiger partial charge in [0.1, 0.15) is 15.7 Å². The summed E-state index contributed by atoms with van der Waals surface area (Å²) in [6.07, 6.45) is 0. The van der Waals surface area contributed by atoms with Crippen molar-refractivity contribution >= 4 is 49.7 Å². The Morgan fingerprint density at radius 3 is 1.32 bits per heavy atom. The van der Waals surface area contributed by atoms with Crippen molar-refractivity contribution in [1.82, 2.24) is 0 Å². The van der Waals surface area contributed by atoms with Crippen molar-refractivity contribution in [2.75, 3.05) is 0 Å². The van der Waals surface area contributed by atoms with E-state index in [4.69, 9.17) is 15.7 Å². The van der Waals surface area contributed by atoms with E-state index in [-0.39, 0.29) is 0 Å². The molecular weight excluding hydrogens is 285 g/mol. The highest BCUT2D eigenvalue weighted by atomic mass is 31.2. The highest BCUT2D eigenvalue weighted by Gasteiger charge is 2.29. The molecule has 0 aliphatic rings. The monoisotopic (exact) mass is 298 g/mol. The predicted octanol–water partition coefficient (Wildman–Crippen LogP) is 0.914. The van der Waals surface area contributed by atoms with Crippen molar-refractivity contribution in [3.8, 4) is 0 Å². The van der Waals surface area contributed by atoms with Gasteiger partial charge in [0, 0.05) is 15.9 Å². The predicted molar refractivity (Wildman–Crippen MR) is 96.6 cm³/mol. The number of benzene rings is 3. The minimum Gasteiger partial charge on any atom is -0.309 e. The first-order chi connectivity index (χ1) is 10.6. The zero-order chi connectivity index (χ0) is 15.6. The van der Waals surface area contributed by atoms with Gasteiger partial charge in [0.25, 0.3) is 0 Å². The summed E-state index contributed by atoms with van der Waals surface area (Å²) in [5, 5.41) is 2.32. The summed E-state index contributed by atoms with van der Waals surface area (Å²) in [7, 11) is 8.59. The zero-order valence-corrected chi connectivity index (χ0v) is 12.9. The largest absolute Gasteiger partial charge is 0.309 e. The van der Waals surface area contributed by atoms with Crippen LogP contribution in [0.15, 0.2) is 78.9 Å². The van der Waals surface area contributed by atoms with Crippen LogP contribution < -0.4 is 26.8 Å². The average Bonchev–Trinajstić information content (AvgIpc) is 2.56. The Balaban J connectivity index is 2.25. The lowest BCUT2D eigenvalue weighted by molar-refractivity contribution is 0.592. The molecule has 0 spiro atoms. The summed E-state index contributed by atoms with van der Waals surface area (Å²) in [5.41, 5.74) is 1.31. The lowest BCUT2D eigenvalue weighted by Gasteiger charge is -2.20. The molecule has 0 N–H and O–H groups in total. The van der Waals surface area contributed by atoms with Crippen LogP contribution in [0, 0.1) is 0 Å². The first-order valence-electron chi connectivity index (χ1n) is 6.98. The van der Waals surface area contributed by atoms with Crippen molar-refractivity contribution in [2.24, 2.45) is 0 Å². The maximum absolute atomic E-state index is 14.0. The summed E-state index contributed by atoms with van der Waals surface area (Å²) in [6.45, 7) is 0. The van der Waals surface area contributed by atoms with Crippen molar-refractivity contribution in [3.63, 3.8) is 0 Å². The van der Waals surface area contributed by atoms with Crippen LogP contribution >= 0.6 is 7.14 Å². The molecule has 0 fully saturated rings. The first kappa shape index (κ1) is 14.9. The molecule has 1 nitrogen and oxygen atoms in total. The van der Waals surface area contributed by atoms with Gasteiger partial charge in [-0.2, -0.15) is 0 Å². The van der Waals surface area contributed by atoms with Crippen molar-refractivity contribution in [3.05, 3.63) is 78.9 Å². The molecular formula is C18H13B2OP. The van der Waals surface area contributed by atoms with Gasteiger partial charge in [0.2, 0.25) is 0 Å². The molecule has 102 valence electrons. The molecule has 0 amide bonds. The number of rotatable bonds is 3. The minimum absolute atomic E-state index is 0.653. The second-order valence-electron chi connectivity index (χ2n) is 5.13. The van der Waals surface area contributed by atoms with Gasteiger partial charge >= 0.3 is 0 Å². The summed E-state index contributed by atoms with van der Waals surface area (Å²) < 4.78 is 14.0. The van der Waals surface area contributed by atoms with E-state index >= 15 is 0 Å². The van der Waals surface area contributed by atoms with E-state index in [0.29, 0.717) is 10.9 Å². The highest BCUT2D eigenvalue weighted by molar-refractivity contribution is 7.85. The molecule has 0 heterocycles. The van der Waals surface area contributed by atoms with Gasteiger partial charge in [0.15, 0.2) is 7.14 Å². The Morgan fingerprint density at radius 2 is 0.909 bits per heavy atom. The van der Waals surface area contributed by atoms with Gasteiger partial charge in [-0.3, -0.25) is 0 Å². The van der Waals surface area contributed by atoms with Crippen LogP contribution in [-0.2, 0) is 4.57 Å². The van der Waals surface area contributed by atoms with E-state index in [1.807, 2.05) is 54.6 Å². The van der Waals surface area contributed by atoms with Crippen molar-refractivity contribution < 1.29 is 4.57 Å². The molecule has 0 aromatic heterocycles. The maximum Gasteiger partial charge on any atom is 0.171 e. The number of hydrogen-bond donors (Lipinski definition) is 0. The molecule has 0 bridgehead atoms. The van der Waals surface area contributed by atoms with Gasteiger partial charge in [-0.25, -0.2) is 0 Å². The highest BCUT2D eigenvalue weighted by Crippen LogP contribution is 2.41. The Morgan fingerprint density at radius 1 is 0.545 bits per heavy atom. The first-order valence-corrected chi connectivity index (χ1v) is 8.69. The third kappa shape index (κ3) is 2.69. The third-order valence-electron chi connectivity index (χ3n) is 3.63. The average molecular weight is 298 g/mol. The van der Waals surface area contributed by atoms with Gasteiger partial charge in [0.05, 0.1) is 0 Å². The Bertz CT molecular complexity index is 762. The molecule has 3 rings (SSSR count). The van der Waals surface area contributed by atoms with E-state index in [1.54, 1.807) is 24.3 Å². The van der Waals surface area contributed by atoms with Gasteiger partial charge < -0.3 is 4.57 Å². The molecule has 4 radical (unpaired) electrons. The Hall–Kier alpha value is -1.98. The lowest BCUT2D eigenvalue weighted by atomic mass is 9.97. The van der Waals surface area contributed by atoms with Crippen LogP contribution in [0.1, 0.15) is 0 Å². The summed E-state index contributed by atoms with van der Waals surface area (Å²) in [4.78, 5) is 0. The molecule has 0 atom stereocenters. The second kappa shape index (κ2) is 6.02. The van der Waals surface area contributed by atoms with Crippen LogP contribution in [0.4, 0.5) is 0 Å². The van der Waals surface area contributed by atoms with Crippen molar-refractivity contribution in [2.45, 2.75) is 0 Å². The summed E-state index contributed by atoms with van der Waals surface area (Å²) >= 11 is 0. The molecule has 22 heavy (non-hydrogen) atoms. The summed E-state index contributed by atoms with van der Waals surface area (Å²) in [6, 6.07) is 24.0. The Kier molecular flexibility index (Phi) is 4.09. The minimum atomic E-state index is -2.93. The molecule has 0 aliphatic carbocycles. The molecule has 0 saturated heterocycles. The lowest BCUT2D eigenvalue weighted by Crippen LogP contribution is -2.26. The van der Waals surface area contributed by atoms with Gasteiger partial charge in [-0.05, 0) is 0 Å². The third-order valence-corrected chi connectivity index (χ3v) is 6.71. The fourth-order valence-corrected chi connectivity index (χ4v) is 5.08. The van der Waals surface area contributed by atoms with E-state index in [1.165, 1.54) is 0 Å². The fraction of sp³-hybridized carbons (Fsp3) is 0. The van der Waals surface area contributed by atoms with Crippen LogP contribution in [0.3, 0.4) is 0 Å². The van der Waals surface area contributed by atoms with E-state index in [2.05, 4.69) is 0 Å². The number of hydrogen-bond acceptors (Lipinski definition) is 1. The van der Waals surface area contributed by atoms with E-state index < -0.39 is 7.14 Å². The maximum atomic E-state index is 14.0. The molecule has 3 aromatic rings. The van der Waals surface area contributed by atoms with E-state index in [0.717, 1.165) is 15.9 Å². The summed E-state index contributed by atoms with van der Waals surface area (Å²) in [5.74, 6) is 0. The fourth-order valence-electron chi connectivity index (χ4n) is 2.45. The van der Waals surface area contributed by atoms with Crippen LogP contribution in [0.5, 0.6) is 0 Å². The standard InChI is InChI=1S/C18H13B2OP/c19-14-6-10-17(11-7-14)22(21,16-4-2-1-3-5-16)18-12-8-15(20)9-13-18/h1-13H. The van der Waals surface area contributed by atoms with Gasteiger partial charge in [-0.15, -0.1) is 0 Å². The molecule has 3 aromatic carbocycles. The van der Waals surface area contributed by atoms with Crippen LogP contribution in [0.25, 0.3) is 0 Å². The van der Waals surface area contributed by atoms with E-state index in [9.17, 15) is 4.57 Å². The van der Waals surface area contributed by atoms with Gasteiger partial charge in [-0.1, -0.05) is 89.8 Å². The smallest absolute Gasteiger partial charge is 0.171 e. The topological polar surface area (TPSA) is 17.1 Å². The van der Waals surface area contributed by atoms with Crippen molar-refractivity contribution in [1.29, 1.82) is 0 Å². The molecule has 4 heteroatoms. The molecule has 0 unspecified atom stereocenters. The SMILES string of the molecule is [B]c1ccc(P(=O)(c2ccccc2)c2ccc([B])cc2)cc1. The normalized spacial score (nSPS) is 11.3.